The van der Waals surface area contributed by atoms with Gasteiger partial charge in [-0.3, -0.25) is 9.59 Å². The fraction of sp³-hybridized carbons (Fsp3) is 0.400. The van der Waals surface area contributed by atoms with E-state index in [9.17, 15) is 9.59 Å². The van der Waals surface area contributed by atoms with Gasteiger partial charge in [0.25, 0.3) is 0 Å². The molecule has 2 aromatic rings. The number of amides is 1. The highest BCUT2D eigenvalue weighted by molar-refractivity contribution is 5.98. The Labute approximate surface area is 151 Å². The quantitative estimate of drug-likeness (QED) is 0.771. The number of likely N-dealkylation sites (tertiary alicyclic amines) is 1. The molecule has 0 radical (unpaired) electrons. The number of carbonyl (C=O) groups is 2. The zero-order valence-electron chi connectivity index (χ0n) is 14.5. The normalized spacial score (nSPS) is 18.8. The SMILES string of the molecule is O=C(CCC(=O)N1CCC(c2ccco2)C1)c1ccc2c(c1)OCCO2. The molecule has 1 saturated heterocycles. The molecular weight excluding hydrogens is 334 g/mol. The third-order valence-electron chi connectivity index (χ3n) is 4.92. The molecule has 0 spiro atoms. The number of Topliss-reactive ketones (excluding diaryl/α,β-unsaturated/α-hetero) is 1. The summed E-state index contributed by atoms with van der Waals surface area (Å²) in [5.41, 5.74) is 0.553. The van der Waals surface area contributed by atoms with Crippen LogP contribution in [0.15, 0.2) is 41.0 Å². The van der Waals surface area contributed by atoms with Crippen LogP contribution >= 0.6 is 0 Å². The van der Waals surface area contributed by atoms with Gasteiger partial charge in [0.15, 0.2) is 17.3 Å². The summed E-state index contributed by atoms with van der Waals surface area (Å²) in [6, 6.07) is 8.99. The van der Waals surface area contributed by atoms with Crippen LogP contribution in [0, 0.1) is 0 Å². The van der Waals surface area contributed by atoms with Crippen molar-refractivity contribution in [1.82, 2.24) is 4.90 Å². The van der Waals surface area contributed by atoms with Crippen LogP contribution in [0.5, 0.6) is 11.5 Å². The van der Waals surface area contributed by atoms with Gasteiger partial charge in [-0.05, 0) is 36.8 Å². The van der Waals surface area contributed by atoms with E-state index in [1.807, 2.05) is 17.0 Å². The Balaban J connectivity index is 1.31. The molecule has 2 aliphatic rings. The maximum Gasteiger partial charge on any atom is 0.223 e. The van der Waals surface area contributed by atoms with Crippen LogP contribution in [0.4, 0.5) is 0 Å². The topological polar surface area (TPSA) is 69.0 Å². The molecular formula is C20H21NO5. The number of fused-ring (bicyclic) bond motifs is 1. The summed E-state index contributed by atoms with van der Waals surface area (Å²) in [6.07, 6.45) is 2.97. The fourth-order valence-electron chi connectivity index (χ4n) is 3.48. The first kappa shape index (κ1) is 16.7. The Morgan fingerprint density at radius 3 is 2.73 bits per heavy atom. The zero-order chi connectivity index (χ0) is 17.9. The van der Waals surface area contributed by atoms with Gasteiger partial charge in [0, 0.05) is 37.4 Å². The van der Waals surface area contributed by atoms with Crippen molar-refractivity contribution >= 4 is 11.7 Å². The average Bonchev–Trinajstić information content (AvgIpc) is 3.36. The number of ether oxygens (including phenoxy) is 2. The second-order valence-electron chi connectivity index (χ2n) is 6.62. The maximum atomic E-state index is 12.4. The Kier molecular flexibility index (Phi) is 4.65. The van der Waals surface area contributed by atoms with Gasteiger partial charge >= 0.3 is 0 Å². The van der Waals surface area contributed by atoms with Crippen LogP contribution in [0.1, 0.15) is 41.3 Å². The van der Waals surface area contributed by atoms with E-state index in [2.05, 4.69) is 0 Å². The molecule has 3 heterocycles. The van der Waals surface area contributed by atoms with Crippen molar-refractivity contribution in [3.8, 4) is 11.5 Å². The van der Waals surface area contributed by atoms with Crippen LogP contribution in [-0.4, -0.2) is 42.9 Å². The highest BCUT2D eigenvalue weighted by atomic mass is 16.6. The molecule has 0 bridgehead atoms. The Hall–Kier alpha value is -2.76. The monoisotopic (exact) mass is 355 g/mol. The number of furan rings is 1. The van der Waals surface area contributed by atoms with E-state index >= 15 is 0 Å². The summed E-state index contributed by atoms with van der Waals surface area (Å²) in [7, 11) is 0. The lowest BCUT2D eigenvalue weighted by Crippen LogP contribution is -2.28. The molecule has 1 atom stereocenters. The summed E-state index contributed by atoms with van der Waals surface area (Å²) < 4.78 is 16.4. The lowest BCUT2D eigenvalue weighted by atomic mass is 10.1. The van der Waals surface area contributed by atoms with E-state index in [4.69, 9.17) is 13.9 Å². The predicted molar refractivity (Wildman–Crippen MR) is 93.6 cm³/mol. The van der Waals surface area contributed by atoms with Gasteiger partial charge in [-0.15, -0.1) is 0 Å². The summed E-state index contributed by atoms with van der Waals surface area (Å²) in [5, 5.41) is 0. The highest BCUT2D eigenvalue weighted by Gasteiger charge is 2.29. The van der Waals surface area contributed by atoms with Crippen molar-refractivity contribution in [2.45, 2.75) is 25.2 Å². The average molecular weight is 355 g/mol. The molecule has 0 N–H and O–H groups in total. The Morgan fingerprint density at radius 1 is 1.08 bits per heavy atom. The van der Waals surface area contributed by atoms with Gasteiger partial charge in [-0.1, -0.05) is 0 Å². The van der Waals surface area contributed by atoms with E-state index < -0.39 is 0 Å². The summed E-state index contributed by atoms with van der Waals surface area (Å²) >= 11 is 0. The minimum Gasteiger partial charge on any atom is -0.486 e. The smallest absolute Gasteiger partial charge is 0.223 e. The zero-order valence-corrected chi connectivity index (χ0v) is 14.5. The van der Waals surface area contributed by atoms with Crippen LogP contribution in [0.25, 0.3) is 0 Å². The molecule has 26 heavy (non-hydrogen) atoms. The van der Waals surface area contributed by atoms with Crippen LogP contribution in [0.2, 0.25) is 0 Å². The van der Waals surface area contributed by atoms with Gasteiger partial charge in [-0.25, -0.2) is 0 Å². The highest BCUT2D eigenvalue weighted by Crippen LogP contribution is 2.31. The van der Waals surface area contributed by atoms with E-state index in [1.54, 1.807) is 24.5 Å². The first-order valence-electron chi connectivity index (χ1n) is 8.95. The lowest BCUT2D eigenvalue weighted by Gasteiger charge is -2.19. The number of nitrogens with zero attached hydrogens (tertiary/aromatic N) is 1. The minimum atomic E-state index is -0.0582. The second kappa shape index (κ2) is 7.23. The number of hydrogen-bond acceptors (Lipinski definition) is 5. The van der Waals surface area contributed by atoms with Gasteiger partial charge < -0.3 is 18.8 Å². The molecule has 0 saturated carbocycles. The first-order valence-corrected chi connectivity index (χ1v) is 8.95. The van der Waals surface area contributed by atoms with Crippen LogP contribution in [0.3, 0.4) is 0 Å². The summed E-state index contributed by atoms with van der Waals surface area (Å²) in [4.78, 5) is 26.7. The molecule has 2 aliphatic heterocycles. The number of benzene rings is 1. The standard InChI is InChI=1S/C20H21NO5/c22-16(14-3-5-18-19(12-14)26-11-10-25-18)4-6-20(23)21-8-7-15(13-21)17-2-1-9-24-17/h1-3,5,9,12,15H,4,6-8,10-11,13H2. The van der Waals surface area contributed by atoms with Gasteiger partial charge in [0.2, 0.25) is 5.91 Å². The minimum absolute atomic E-state index is 0.0185. The predicted octanol–water partition coefficient (Wildman–Crippen LogP) is 3.03. The number of hydrogen-bond donors (Lipinski definition) is 0. The third kappa shape index (κ3) is 3.45. The van der Waals surface area contributed by atoms with Crippen LogP contribution < -0.4 is 9.47 Å². The van der Waals surface area contributed by atoms with Crippen LogP contribution in [-0.2, 0) is 4.79 Å². The van der Waals surface area contributed by atoms with E-state index in [0.29, 0.717) is 43.4 Å². The molecule has 0 aliphatic carbocycles. The van der Waals surface area contributed by atoms with Crippen molar-refractivity contribution in [3.05, 3.63) is 47.9 Å². The van der Waals surface area contributed by atoms with Crippen molar-refractivity contribution < 1.29 is 23.5 Å². The Bertz CT molecular complexity index is 799. The van der Waals surface area contributed by atoms with Gasteiger partial charge in [0.1, 0.15) is 19.0 Å². The molecule has 6 nitrogen and oxygen atoms in total. The van der Waals surface area contributed by atoms with E-state index in [0.717, 1.165) is 12.2 Å². The van der Waals surface area contributed by atoms with Crippen molar-refractivity contribution in [2.75, 3.05) is 26.3 Å². The maximum absolute atomic E-state index is 12.4. The first-order chi connectivity index (χ1) is 12.7. The van der Waals surface area contributed by atoms with Crippen molar-refractivity contribution in [3.63, 3.8) is 0 Å². The number of ketones is 1. The summed E-state index contributed by atoms with van der Waals surface area (Å²) in [6.45, 7) is 2.37. The van der Waals surface area contributed by atoms with Crippen molar-refractivity contribution in [1.29, 1.82) is 0 Å². The van der Waals surface area contributed by atoms with E-state index in [-0.39, 0.29) is 30.4 Å². The van der Waals surface area contributed by atoms with Crippen molar-refractivity contribution in [2.24, 2.45) is 0 Å². The fourth-order valence-corrected chi connectivity index (χ4v) is 3.48. The molecule has 1 aromatic heterocycles. The van der Waals surface area contributed by atoms with E-state index in [1.165, 1.54) is 0 Å². The largest absolute Gasteiger partial charge is 0.486 e. The molecule has 4 rings (SSSR count). The third-order valence-corrected chi connectivity index (χ3v) is 4.92. The Morgan fingerprint density at radius 2 is 1.92 bits per heavy atom. The summed E-state index contributed by atoms with van der Waals surface area (Å²) in [5.74, 6) is 2.39. The molecule has 1 unspecified atom stereocenters. The molecule has 6 heteroatoms. The molecule has 136 valence electrons. The van der Waals surface area contributed by atoms with Gasteiger partial charge in [-0.2, -0.15) is 0 Å². The lowest BCUT2D eigenvalue weighted by molar-refractivity contribution is -0.130. The molecule has 1 amide bonds. The number of rotatable bonds is 5. The van der Waals surface area contributed by atoms with Gasteiger partial charge in [0.05, 0.1) is 6.26 Å². The molecule has 1 aromatic carbocycles. The number of carbonyl (C=O) groups excluding carboxylic acids is 2. The molecule has 1 fully saturated rings. The second-order valence-corrected chi connectivity index (χ2v) is 6.62.